The Kier molecular flexibility index (Phi) is 4.85. The minimum absolute atomic E-state index is 0.0908. The highest BCUT2D eigenvalue weighted by Crippen LogP contribution is 2.23. The lowest BCUT2D eigenvalue weighted by Gasteiger charge is -2.06. The summed E-state index contributed by atoms with van der Waals surface area (Å²) in [5, 5.41) is 12.6. The van der Waals surface area contributed by atoms with Crippen LogP contribution in [-0.2, 0) is 22.7 Å². The largest absolute Gasteiger partial charge is 0.467 e. The molecule has 0 spiro atoms. The molecule has 0 aliphatic rings. The average molecular weight is 348 g/mol. The van der Waals surface area contributed by atoms with Crippen molar-refractivity contribution in [2.75, 3.05) is 0 Å². The van der Waals surface area contributed by atoms with Crippen LogP contribution in [0.2, 0.25) is 0 Å². The van der Waals surface area contributed by atoms with E-state index in [1.54, 1.807) is 35.2 Å². The lowest BCUT2D eigenvalue weighted by Crippen LogP contribution is -2.26. The highest BCUT2D eigenvalue weighted by molar-refractivity contribution is 6.03. The highest BCUT2D eigenvalue weighted by atomic mass is 16.3. The summed E-state index contributed by atoms with van der Waals surface area (Å²) in [5.41, 5.74) is 6.52. The Morgan fingerprint density at radius 3 is 2.77 bits per heavy atom. The van der Waals surface area contributed by atoms with E-state index in [4.69, 9.17) is 15.4 Å². The number of nitrogens with two attached hydrogens (primary N) is 1. The number of amides is 2. The molecule has 0 bridgehead atoms. The van der Waals surface area contributed by atoms with Gasteiger partial charge in [0.25, 0.3) is 5.91 Å². The first kappa shape index (κ1) is 17.0. The number of para-hydroxylation sites is 1. The van der Waals surface area contributed by atoms with Gasteiger partial charge in [-0.05, 0) is 24.3 Å². The van der Waals surface area contributed by atoms with Gasteiger partial charge in [0, 0.05) is 22.7 Å². The summed E-state index contributed by atoms with van der Waals surface area (Å²) < 4.78 is 6.94. The number of nitriles is 1. The van der Waals surface area contributed by atoms with Gasteiger partial charge in [-0.25, -0.2) is 0 Å². The maximum Gasteiger partial charge on any atom is 0.259 e. The third-order valence-corrected chi connectivity index (χ3v) is 3.86. The second-order valence-electron chi connectivity index (χ2n) is 5.62. The number of benzene rings is 1. The second kappa shape index (κ2) is 7.40. The van der Waals surface area contributed by atoms with Crippen LogP contribution in [0.1, 0.15) is 11.3 Å². The van der Waals surface area contributed by atoms with E-state index in [1.165, 1.54) is 6.08 Å². The van der Waals surface area contributed by atoms with Crippen molar-refractivity contribution in [3.8, 4) is 6.07 Å². The van der Waals surface area contributed by atoms with Crippen LogP contribution in [0.15, 0.2) is 58.8 Å². The molecule has 0 saturated heterocycles. The average Bonchev–Trinajstić information content (AvgIpc) is 3.26. The van der Waals surface area contributed by atoms with E-state index < -0.39 is 5.91 Å². The van der Waals surface area contributed by atoms with Crippen molar-refractivity contribution in [2.24, 2.45) is 5.73 Å². The zero-order valence-corrected chi connectivity index (χ0v) is 13.8. The Morgan fingerprint density at radius 1 is 1.27 bits per heavy atom. The number of fused-ring (bicyclic) bond motifs is 1. The number of nitrogens with zero attached hydrogens (tertiary/aromatic N) is 2. The van der Waals surface area contributed by atoms with Gasteiger partial charge in [0.1, 0.15) is 23.9 Å². The summed E-state index contributed by atoms with van der Waals surface area (Å²) in [6.45, 7) is 0.394. The van der Waals surface area contributed by atoms with Gasteiger partial charge in [0.2, 0.25) is 5.91 Å². The maximum atomic E-state index is 12.2. The number of aromatic nitrogens is 1. The molecule has 7 heteroatoms. The lowest BCUT2D eigenvalue weighted by molar-refractivity contribution is -0.121. The number of furan rings is 1. The van der Waals surface area contributed by atoms with Crippen LogP contribution in [-0.4, -0.2) is 16.4 Å². The number of rotatable bonds is 6. The van der Waals surface area contributed by atoms with E-state index >= 15 is 0 Å². The van der Waals surface area contributed by atoms with E-state index in [0.29, 0.717) is 17.9 Å². The van der Waals surface area contributed by atoms with Gasteiger partial charge in [-0.15, -0.1) is 0 Å². The van der Waals surface area contributed by atoms with Crippen molar-refractivity contribution >= 4 is 28.8 Å². The van der Waals surface area contributed by atoms with Crippen molar-refractivity contribution in [2.45, 2.75) is 13.1 Å². The molecule has 3 N–H and O–H groups in total. The van der Waals surface area contributed by atoms with Crippen LogP contribution in [0.25, 0.3) is 17.0 Å². The Hall–Kier alpha value is -3.79. The van der Waals surface area contributed by atoms with Crippen LogP contribution in [0.5, 0.6) is 0 Å². The lowest BCUT2D eigenvalue weighted by atomic mass is 10.1. The van der Waals surface area contributed by atoms with Gasteiger partial charge >= 0.3 is 0 Å². The smallest absolute Gasteiger partial charge is 0.259 e. The Balaban J connectivity index is 1.86. The zero-order chi connectivity index (χ0) is 18.5. The molecule has 0 unspecified atom stereocenters. The van der Waals surface area contributed by atoms with Crippen LogP contribution >= 0.6 is 0 Å². The minimum atomic E-state index is -0.791. The molecule has 26 heavy (non-hydrogen) atoms. The van der Waals surface area contributed by atoms with Gasteiger partial charge in [-0.1, -0.05) is 18.2 Å². The van der Waals surface area contributed by atoms with E-state index in [0.717, 1.165) is 10.9 Å². The fraction of sp³-hybridized carbons (Fsp3) is 0.105. The molecule has 0 saturated carbocycles. The topological polar surface area (TPSA) is 114 Å². The molecule has 0 aliphatic carbocycles. The van der Waals surface area contributed by atoms with E-state index in [2.05, 4.69) is 5.32 Å². The number of carbonyl (C=O) groups is 2. The Morgan fingerprint density at radius 2 is 2.08 bits per heavy atom. The van der Waals surface area contributed by atoms with Crippen molar-refractivity contribution in [1.29, 1.82) is 5.26 Å². The Labute approximate surface area is 149 Å². The normalized spacial score (nSPS) is 11.3. The van der Waals surface area contributed by atoms with Crippen LogP contribution in [0.4, 0.5) is 0 Å². The summed E-state index contributed by atoms with van der Waals surface area (Å²) in [6, 6.07) is 12.7. The van der Waals surface area contributed by atoms with Gasteiger partial charge in [-0.2, -0.15) is 5.26 Å². The molecule has 2 aromatic heterocycles. The molecular weight excluding hydrogens is 332 g/mol. The van der Waals surface area contributed by atoms with E-state index in [9.17, 15) is 9.59 Å². The number of primary amides is 1. The highest BCUT2D eigenvalue weighted by Gasteiger charge is 2.12. The predicted molar refractivity (Wildman–Crippen MR) is 95.3 cm³/mol. The molecule has 3 aromatic rings. The van der Waals surface area contributed by atoms with Gasteiger partial charge in [0.15, 0.2) is 0 Å². The molecule has 2 amide bonds. The standard InChI is InChI=1S/C19H16N4O3/c20-9-13(19(21)25)8-14-11-23(17-6-2-1-5-16(14)17)12-18(24)22-10-15-4-3-7-26-15/h1-8,11H,10,12H2,(H2,21,25)(H,22,24)/b13-8+. The first-order chi connectivity index (χ1) is 12.6. The molecule has 7 nitrogen and oxygen atoms in total. The first-order valence-electron chi connectivity index (χ1n) is 7.87. The third kappa shape index (κ3) is 3.65. The van der Waals surface area contributed by atoms with Crippen molar-refractivity contribution in [3.63, 3.8) is 0 Å². The minimum Gasteiger partial charge on any atom is -0.467 e. The maximum absolute atomic E-state index is 12.2. The molecular formula is C19H16N4O3. The van der Waals surface area contributed by atoms with Crippen LogP contribution < -0.4 is 11.1 Å². The summed E-state index contributed by atoms with van der Waals surface area (Å²) in [6.07, 6.45) is 4.70. The van der Waals surface area contributed by atoms with Crippen LogP contribution in [0, 0.1) is 11.3 Å². The second-order valence-corrected chi connectivity index (χ2v) is 5.62. The molecule has 0 aliphatic heterocycles. The van der Waals surface area contributed by atoms with Gasteiger partial charge in [-0.3, -0.25) is 9.59 Å². The van der Waals surface area contributed by atoms with E-state index in [1.807, 2.05) is 24.3 Å². The summed E-state index contributed by atoms with van der Waals surface area (Å²) >= 11 is 0. The summed E-state index contributed by atoms with van der Waals surface area (Å²) in [7, 11) is 0. The van der Waals surface area contributed by atoms with Crippen molar-refractivity contribution < 1.29 is 14.0 Å². The van der Waals surface area contributed by atoms with Gasteiger partial charge < -0.3 is 20.0 Å². The van der Waals surface area contributed by atoms with E-state index in [-0.39, 0.29) is 18.0 Å². The monoisotopic (exact) mass is 348 g/mol. The molecule has 130 valence electrons. The first-order valence-corrected chi connectivity index (χ1v) is 7.87. The molecule has 0 radical (unpaired) electrons. The molecule has 0 atom stereocenters. The van der Waals surface area contributed by atoms with Gasteiger partial charge in [0.05, 0.1) is 12.8 Å². The van der Waals surface area contributed by atoms with Crippen molar-refractivity contribution in [3.05, 3.63) is 65.8 Å². The molecule has 0 fully saturated rings. The molecule has 1 aromatic carbocycles. The zero-order valence-electron chi connectivity index (χ0n) is 13.8. The molecule has 3 rings (SSSR count). The quantitative estimate of drug-likeness (QED) is 0.523. The van der Waals surface area contributed by atoms with Crippen LogP contribution in [0.3, 0.4) is 0 Å². The Bertz CT molecular complexity index is 1020. The third-order valence-electron chi connectivity index (χ3n) is 3.86. The SMILES string of the molecule is N#C/C(=C\c1cn(CC(=O)NCc2ccco2)c2ccccc12)C(N)=O. The van der Waals surface area contributed by atoms with Crippen molar-refractivity contribution in [1.82, 2.24) is 9.88 Å². The number of carbonyl (C=O) groups excluding carboxylic acids is 2. The number of nitrogens with one attached hydrogen (secondary N) is 1. The molecule has 2 heterocycles. The predicted octanol–water partition coefficient (Wildman–Crippen LogP) is 1.94. The fourth-order valence-corrected chi connectivity index (χ4v) is 2.64. The number of hydrogen-bond acceptors (Lipinski definition) is 4. The number of hydrogen-bond donors (Lipinski definition) is 2. The summed E-state index contributed by atoms with van der Waals surface area (Å²) in [5.74, 6) is -0.312. The summed E-state index contributed by atoms with van der Waals surface area (Å²) in [4.78, 5) is 23.5. The fourth-order valence-electron chi connectivity index (χ4n) is 2.64.